The number of likely N-dealkylation sites (tertiary alicyclic amines) is 1. The highest BCUT2D eigenvalue weighted by Crippen LogP contribution is 2.53. The molecular formula is C26H26N4O4. The molecule has 3 amide bonds. The van der Waals surface area contributed by atoms with E-state index in [1.165, 1.54) is 4.90 Å². The van der Waals surface area contributed by atoms with E-state index in [9.17, 15) is 14.4 Å². The van der Waals surface area contributed by atoms with Gasteiger partial charge in [-0.3, -0.25) is 24.6 Å². The molecule has 4 atom stereocenters. The summed E-state index contributed by atoms with van der Waals surface area (Å²) in [4.78, 5) is 45.5. The molecular weight excluding hydrogens is 432 g/mol. The number of aromatic nitrogens is 1. The first-order chi connectivity index (χ1) is 16.6. The van der Waals surface area contributed by atoms with Crippen molar-refractivity contribution in [3.05, 3.63) is 65.9 Å². The van der Waals surface area contributed by atoms with Crippen LogP contribution in [0.1, 0.15) is 17.5 Å². The van der Waals surface area contributed by atoms with Gasteiger partial charge in [0.1, 0.15) is 5.54 Å². The van der Waals surface area contributed by atoms with Gasteiger partial charge in [-0.15, -0.1) is 0 Å². The summed E-state index contributed by atoms with van der Waals surface area (Å²) in [7, 11) is 1.60. The summed E-state index contributed by atoms with van der Waals surface area (Å²) < 4.78 is 5.13. The number of anilines is 1. The number of ether oxygens (including phenoxy) is 1. The molecule has 1 aromatic heterocycles. The number of methoxy groups -OCH3 is 1. The van der Waals surface area contributed by atoms with Gasteiger partial charge in [0, 0.05) is 54.7 Å². The lowest BCUT2D eigenvalue weighted by Crippen LogP contribution is -2.53. The average Bonchev–Trinajstić information content (AvgIpc) is 3.55. The van der Waals surface area contributed by atoms with Crippen molar-refractivity contribution < 1.29 is 19.1 Å². The number of rotatable bonds is 6. The normalized spacial score (nSPS) is 27.6. The number of hydrogen-bond donors (Lipinski definition) is 3. The Kier molecular flexibility index (Phi) is 4.82. The molecule has 1 spiro atoms. The van der Waals surface area contributed by atoms with Crippen LogP contribution in [0.15, 0.2) is 54.7 Å². The SMILES string of the molecule is COCCCN1C(=O)[C@H]2[C@H](Cc3c[nH]c4ccccc34)N[C@@]3(C(=O)Nc4ccccc43)[C@@H]2C1=O. The lowest BCUT2D eigenvalue weighted by molar-refractivity contribution is -0.143. The van der Waals surface area contributed by atoms with Gasteiger partial charge in [0.15, 0.2) is 0 Å². The lowest BCUT2D eigenvalue weighted by atomic mass is 9.76. The van der Waals surface area contributed by atoms with Crippen LogP contribution < -0.4 is 10.6 Å². The third-order valence-electron chi connectivity index (χ3n) is 7.56. The molecule has 3 aromatic rings. The van der Waals surface area contributed by atoms with Crippen molar-refractivity contribution in [3.8, 4) is 0 Å². The monoisotopic (exact) mass is 458 g/mol. The van der Waals surface area contributed by atoms with Crippen LogP contribution in [-0.2, 0) is 31.1 Å². The van der Waals surface area contributed by atoms with Gasteiger partial charge in [0.25, 0.3) is 0 Å². The summed E-state index contributed by atoms with van der Waals surface area (Å²) in [6.07, 6.45) is 3.03. The number of H-pyrrole nitrogens is 1. The molecule has 174 valence electrons. The molecule has 3 aliphatic heterocycles. The van der Waals surface area contributed by atoms with E-state index in [0.29, 0.717) is 25.1 Å². The summed E-state index contributed by atoms with van der Waals surface area (Å²) in [6, 6.07) is 15.1. The fourth-order valence-corrected chi connectivity index (χ4v) is 6.12. The first-order valence-corrected chi connectivity index (χ1v) is 11.6. The van der Waals surface area contributed by atoms with Gasteiger partial charge in [-0.25, -0.2) is 0 Å². The van der Waals surface area contributed by atoms with Gasteiger partial charge in [-0.2, -0.15) is 0 Å². The van der Waals surface area contributed by atoms with Crippen LogP contribution in [0.25, 0.3) is 10.9 Å². The predicted octanol–water partition coefficient (Wildman–Crippen LogP) is 2.17. The molecule has 2 saturated heterocycles. The fraction of sp³-hybridized carbons (Fsp3) is 0.346. The molecule has 0 radical (unpaired) electrons. The van der Waals surface area contributed by atoms with Crippen molar-refractivity contribution in [1.82, 2.24) is 15.2 Å². The maximum Gasteiger partial charge on any atom is 0.250 e. The number of benzene rings is 2. The minimum Gasteiger partial charge on any atom is -0.385 e. The average molecular weight is 459 g/mol. The number of carbonyl (C=O) groups excluding carboxylic acids is 3. The van der Waals surface area contributed by atoms with Crippen LogP contribution in [-0.4, -0.2) is 53.9 Å². The van der Waals surface area contributed by atoms with Gasteiger partial charge in [0.05, 0.1) is 11.8 Å². The number of amides is 3. The largest absolute Gasteiger partial charge is 0.385 e. The molecule has 8 nitrogen and oxygen atoms in total. The molecule has 3 aliphatic rings. The first kappa shape index (κ1) is 21.1. The lowest BCUT2D eigenvalue weighted by Gasteiger charge is -2.29. The maximum absolute atomic E-state index is 13.7. The molecule has 0 saturated carbocycles. The third-order valence-corrected chi connectivity index (χ3v) is 7.56. The number of carbonyl (C=O) groups is 3. The van der Waals surface area contributed by atoms with Gasteiger partial charge in [-0.1, -0.05) is 36.4 Å². The Morgan fingerprint density at radius 1 is 1.03 bits per heavy atom. The Balaban J connectivity index is 1.43. The van der Waals surface area contributed by atoms with Crippen molar-refractivity contribution in [2.45, 2.75) is 24.4 Å². The van der Waals surface area contributed by atoms with Crippen LogP contribution in [0.4, 0.5) is 5.69 Å². The van der Waals surface area contributed by atoms with Crippen LogP contribution in [0.2, 0.25) is 0 Å². The number of nitrogens with zero attached hydrogens (tertiary/aromatic N) is 1. The zero-order valence-corrected chi connectivity index (χ0v) is 18.8. The van der Waals surface area contributed by atoms with Crippen molar-refractivity contribution in [3.63, 3.8) is 0 Å². The minimum absolute atomic E-state index is 0.211. The topological polar surface area (TPSA) is 104 Å². The van der Waals surface area contributed by atoms with Gasteiger partial charge in [-0.05, 0) is 30.5 Å². The second-order valence-corrected chi connectivity index (χ2v) is 9.30. The maximum atomic E-state index is 13.7. The third kappa shape index (κ3) is 2.82. The molecule has 0 unspecified atom stereocenters. The van der Waals surface area contributed by atoms with E-state index >= 15 is 0 Å². The summed E-state index contributed by atoms with van der Waals surface area (Å²) in [5.74, 6) is -2.18. The van der Waals surface area contributed by atoms with E-state index in [1.807, 2.05) is 54.7 Å². The molecule has 2 aromatic carbocycles. The fourth-order valence-electron chi connectivity index (χ4n) is 6.12. The quantitative estimate of drug-likeness (QED) is 0.388. The molecule has 0 aliphatic carbocycles. The number of aromatic amines is 1. The number of imide groups is 1. The highest BCUT2D eigenvalue weighted by Gasteiger charge is 2.70. The van der Waals surface area contributed by atoms with E-state index in [0.717, 1.165) is 22.0 Å². The zero-order valence-electron chi connectivity index (χ0n) is 18.8. The van der Waals surface area contributed by atoms with E-state index < -0.39 is 17.4 Å². The van der Waals surface area contributed by atoms with Gasteiger partial charge in [0.2, 0.25) is 17.7 Å². The van der Waals surface area contributed by atoms with Crippen molar-refractivity contribution >= 4 is 34.3 Å². The summed E-state index contributed by atoms with van der Waals surface area (Å²) in [5.41, 5.74) is 2.22. The highest BCUT2D eigenvalue weighted by atomic mass is 16.5. The smallest absolute Gasteiger partial charge is 0.250 e. The van der Waals surface area contributed by atoms with E-state index in [-0.39, 0.29) is 30.3 Å². The molecule has 34 heavy (non-hydrogen) atoms. The molecule has 2 fully saturated rings. The number of para-hydroxylation sites is 2. The van der Waals surface area contributed by atoms with Crippen LogP contribution in [0.3, 0.4) is 0 Å². The second-order valence-electron chi connectivity index (χ2n) is 9.30. The summed E-state index contributed by atoms with van der Waals surface area (Å²) >= 11 is 0. The number of nitrogens with one attached hydrogen (secondary N) is 3. The Morgan fingerprint density at radius 3 is 2.68 bits per heavy atom. The Bertz CT molecular complexity index is 1320. The van der Waals surface area contributed by atoms with Crippen molar-refractivity contribution in [2.24, 2.45) is 11.8 Å². The van der Waals surface area contributed by atoms with Gasteiger partial charge < -0.3 is 15.0 Å². The van der Waals surface area contributed by atoms with Crippen LogP contribution in [0, 0.1) is 11.8 Å². The van der Waals surface area contributed by atoms with Crippen LogP contribution >= 0.6 is 0 Å². The first-order valence-electron chi connectivity index (χ1n) is 11.6. The van der Waals surface area contributed by atoms with Crippen LogP contribution in [0.5, 0.6) is 0 Å². The number of fused-ring (bicyclic) bond motifs is 5. The molecule has 4 heterocycles. The highest BCUT2D eigenvalue weighted by molar-refractivity contribution is 6.15. The zero-order chi connectivity index (χ0) is 23.4. The molecule has 8 heteroatoms. The Morgan fingerprint density at radius 2 is 1.82 bits per heavy atom. The predicted molar refractivity (Wildman–Crippen MR) is 126 cm³/mol. The number of hydrogen-bond acceptors (Lipinski definition) is 5. The van der Waals surface area contributed by atoms with Crippen molar-refractivity contribution in [2.75, 3.05) is 25.6 Å². The van der Waals surface area contributed by atoms with Crippen molar-refractivity contribution in [1.29, 1.82) is 0 Å². The Hall–Kier alpha value is -3.49. The van der Waals surface area contributed by atoms with E-state index in [4.69, 9.17) is 4.74 Å². The second kappa shape index (κ2) is 7.78. The Labute approximate surface area is 196 Å². The van der Waals surface area contributed by atoms with E-state index in [2.05, 4.69) is 15.6 Å². The molecule has 3 N–H and O–H groups in total. The summed E-state index contributed by atoms with van der Waals surface area (Å²) in [6.45, 7) is 0.746. The molecule has 6 rings (SSSR count). The summed E-state index contributed by atoms with van der Waals surface area (Å²) in [5, 5.41) is 7.53. The van der Waals surface area contributed by atoms with E-state index in [1.54, 1.807) is 7.11 Å². The molecule has 0 bridgehead atoms. The standard InChI is InChI=1S/C26H26N4O4/c1-34-12-6-11-30-23(31)21-20(13-15-14-27-18-9-4-2-7-16(15)18)29-26(22(21)24(30)32)17-8-3-5-10-19(17)28-25(26)33/h2-5,7-10,14,20-22,27,29H,6,11-13H2,1H3,(H,28,33)/t20-,21-,22-,26+/m0/s1. The van der Waals surface area contributed by atoms with Gasteiger partial charge >= 0.3 is 0 Å². The minimum atomic E-state index is -1.26.